The zero-order valence-corrected chi connectivity index (χ0v) is 19.5. The van der Waals surface area contributed by atoms with Crippen molar-refractivity contribution in [3.8, 4) is 5.75 Å². The standard InChI is InChI=1S/C27H33ClN2O2/c1-26(13-18-7-3-2-4-8-18,32-23-10-6-5-9-22(23)28)17-30-24-20-11-19-12-21(24)16-27(14-19,15-20)25(29)31/h2-10,19-21,24,30H,11-17H2,1H3,(H2,29,31). The number of carbonyl (C=O) groups is 1. The summed E-state index contributed by atoms with van der Waals surface area (Å²) in [5.74, 6) is 2.34. The average molecular weight is 453 g/mol. The first-order chi connectivity index (χ1) is 15.4. The number of rotatable bonds is 8. The monoisotopic (exact) mass is 452 g/mol. The van der Waals surface area contributed by atoms with E-state index in [9.17, 15) is 4.79 Å². The van der Waals surface area contributed by atoms with Crippen molar-refractivity contribution in [3.63, 3.8) is 0 Å². The van der Waals surface area contributed by atoms with Crippen LogP contribution < -0.4 is 15.8 Å². The summed E-state index contributed by atoms with van der Waals surface area (Å²) in [6.07, 6.45) is 6.08. The molecule has 2 aromatic rings. The van der Waals surface area contributed by atoms with Gasteiger partial charge in [0.1, 0.15) is 11.4 Å². The van der Waals surface area contributed by atoms with Gasteiger partial charge >= 0.3 is 0 Å². The fraction of sp³-hybridized carbons (Fsp3) is 0.519. The molecule has 4 saturated carbocycles. The Bertz CT molecular complexity index is 965. The minimum Gasteiger partial charge on any atom is -0.484 e. The number of para-hydroxylation sites is 1. The molecule has 0 aromatic heterocycles. The van der Waals surface area contributed by atoms with E-state index < -0.39 is 5.60 Å². The molecule has 4 aliphatic rings. The van der Waals surface area contributed by atoms with Crippen molar-refractivity contribution >= 4 is 17.5 Å². The summed E-state index contributed by atoms with van der Waals surface area (Å²) in [6, 6.07) is 18.6. The van der Waals surface area contributed by atoms with Crippen molar-refractivity contribution in [1.82, 2.24) is 5.32 Å². The molecular formula is C27H33ClN2O2. The molecule has 1 amide bonds. The molecule has 0 spiro atoms. The van der Waals surface area contributed by atoms with Crippen LogP contribution in [0.15, 0.2) is 54.6 Å². The minimum absolute atomic E-state index is 0.0775. The SMILES string of the molecule is CC(CNC1C2CC3CC1CC(C(N)=O)(C3)C2)(Cc1ccccc1)Oc1ccccc1Cl. The number of halogens is 1. The van der Waals surface area contributed by atoms with E-state index in [-0.39, 0.29) is 11.3 Å². The fourth-order valence-electron chi connectivity index (χ4n) is 6.95. The van der Waals surface area contributed by atoms with Crippen LogP contribution in [0.1, 0.15) is 44.6 Å². The summed E-state index contributed by atoms with van der Waals surface area (Å²) in [4.78, 5) is 12.3. The Balaban J connectivity index is 1.34. The highest BCUT2D eigenvalue weighted by Gasteiger charge is 2.57. The van der Waals surface area contributed by atoms with Gasteiger partial charge in [-0.15, -0.1) is 0 Å². The van der Waals surface area contributed by atoms with E-state index in [1.807, 2.05) is 30.3 Å². The number of nitrogens with two attached hydrogens (primary N) is 1. The normalized spacial score (nSPS) is 32.4. The summed E-state index contributed by atoms with van der Waals surface area (Å²) >= 11 is 6.44. The molecular weight excluding hydrogens is 420 g/mol. The summed E-state index contributed by atoms with van der Waals surface area (Å²) in [7, 11) is 0. The molecule has 6 rings (SSSR count). The third kappa shape index (κ3) is 4.15. The van der Waals surface area contributed by atoms with Gasteiger partial charge in [-0.1, -0.05) is 54.1 Å². The molecule has 170 valence electrons. The number of ether oxygens (including phenoxy) is 1. The number of hydrogen-bond acceptors (Lipinski definition) is 3. The fourth-order valence-corrected chi connectivity index (χ4v) is 7.12. The Morgan fingerprint density at radius 3 is 2.41 bits per heavy atom. The molecule has 4 aliphatic carbocycles. The van der Waals surface area contributed by atoms with Gasteiger partial charge in [-0.2, -0.15) is 0 Å². The van der Waals surface area contributed by atoms with Gasteiger partial charge in [0.05, 0.1) is 5.02 Å². The van der Waals surface area contributed by atoms with E-state index in [0.29, 0.717) is 34.6 Å². The molecule has 0 radical (unpaired) electrons. The van der Waals surface area contributed by atoms with E-state index >= 15 is 0 Å². The summed E-state index contributed by atoms with van der Waals surface area (Å²) in [6.45, 7) is 2.89. The minimum atomic E-state index is -0.456. The maximum absolute atomic E-state index is 12.3. The second kappa shape index (κ2) is 8.39. The Morgan fingerprint density at radius 2 is 1.75 bits per heavy atom. The van der Waals surface area contributed by atoms with Crippen LogP contribution >= 0.6 is 11.6 Å². The van der Waals surface area contributed by atoms with Crippen LogP contribution in [0.3, 0.4) is 0 Å². The average Bonchev–Trinajstić information content (AvgIpc) is 2.75. The highest BCUT2D eigenvalue weighted by Crippen LogP contribution is 2.59. The van der Waals surface area contributed by atoms with Crippen molar-refractivity contribution in [1.29, 1.82) is 0 Å². The van der Waals surface area contributed by atoms with Gasteiger partial charge in [0.2, 0.25) is 5.91 Å². The topological polar surface area (TPSA) is 64.3 Å². The van der Waals surface area contributed by atoms with Gasteiger partial charge in [-0.3, -0.25) is 4.79 Å². The van der Waals surface area contributed by atoms with Crippen molar-refractivity contribution in [2.75, 3.05) is 6.54 Å². The van der Waals surface area contributed by atoms with Crippen molar-refractivity contribution in [3.05, 3.63) is 65.2 Å². The molecule has 0 aliphatic heterocycles. The van der Waals surface area contributed by atoms with Gasteiger partial charge in [0.15, 0.2) is 0 Å². The van der Waals surface area contributed by atoms with Crippen molar-refractivity contribution in [2.45, 2.75) is 57.1 Å². The second-order valence-corrected chi connectivity index (χ2v) is 11.1. The van der Waals surface area contributed by atoms with E-state index in [4.69, 9.17) is 22.1 Å². The summed E-state index contributed by atoms with van der Waals surface area (Å²) in [5, 5.41) is 4.53. The maximum Gasteiger partial charge on any atom is 0.223 e. The molecule has 0 heterocycles. The predicted octanol–water partition coefficient (Wildman–Crippen LogP) is 4.99. The molecule has 4 fully saturated rings. The Morgan fingerprint density at radius 1 is 1.09 bits per heavy atom. The second-order valence-electron chi connectivity index (χ2n) is 10.7. The van der Waals surface area contributed by atoms with Gasteiger partial charge in [0, 0.05) is 24.4 Å². The van der Waals surface area contributed by atoms with E-state index in [1.165, 1.54) is 18.4 Å². The molecule has 32 heavy (non-hydrogen) atoms. The number of amides is 1. The zero-order chi connectivity index (χ0) is 22.3. The Kier molecular flexibility index (Phi) is 5.71. The van der Waals surface area contributed by atoms with Gasteiger partial charge in [-0.25, -0.2) is 0 Å². The highest BCUT2D eigenvalue weighted by molar-refractivity contribution is 6.32. The van der Waals surface area contributed by atoms with E-state index in [0.717, 1.165) is 32.2 Å². The third-order valence-corrected chi connectivity index (χ3v) is 8.43. The first-order valence-electron chi connectivity index (χ1n) is 11.9. The van der Waals surface area contributed by atoms with Crippen molar-refractivity contribution in [2.24, 2.45) is 28.9 Å². The Labute approximate surface area is 195 Å². The van der Waals surface area contributed by atoms with Gasteiger partial charge < -0.3 is 15.8 Å². The largest absolute Gasteiger partial charge is 0.484 e. The first-order valence-corrected chi connectivity index (χ1v) is 12.2. The lowest BCUT2D eigenvalue weighted by atomic mass is 9.47. The lowest BCUT2D eigenvalue weighted by Gasteiger charge is -2.59. The first kappa shape index (κ1) is 21.8. The molecule has 3 N–H and O–H groups in total. The molecule has 5 heteroatoms. The lowest BCUT2D eigenvalue weighted by Crippen LogP contribution is -2.62. The molecule has 0 saturated heterocycles. The molecule has 3 unspecified atom stereocenters. The summed E-state index contributed by atoms with van der Waals surface area (Å²) in [5.41, 5.74) is 6.40. The number of hydrogen-bond donors (Lipinski definition) is 2. The molecule has 4 bridgehead atoms. The molecule has 2 aromatic carbocycles. The Hall–Kier alpha value is -2.04. The van der Waals surface area contributed by atoms with Crippen LogP contribution in [0.2, 0.25) is 5.02 Å². The smallest absolute Gasteiger partial charge is 0.223 e. The number of nitrogens with one attached hydrogen (secondary N) is 1. The van der Waals surface area contributed by atoms with E-state index in [1.54, 1.807) is 0 Å². The number of primary amides is 1. The lowest BCUT2D eigenvalue weighted by molar-refractivity contribution is -0.146. The zero-order valence-electron chi connectivity index (χ0n) is 18.7. The van der Waals surface area contributed by atoms with Crippen molar-refractivity contribution < 1.29 is 9.53 Å². The molecule has 3 atom stereocenters. The third-order valence-electron chi connectivity index (χ3n) is 8.12. The molecule has 4 nitrogen and oxygen atoms in total. The van der Waals surface area contributed by atoms with Crippen LogP contribution in [-0.2, 0) is 11.2 Å². The highest BCUT2D eigenvalue weighted by atomic mass is 35.5. The summed E-state index contributed by atoms with van der Waals surface area (Å²) < 4.78 is 6.57. The maximum atomic E-state index is 12.3. The van der Waals surface area contributed by atoms with Crippen LogP contribution in [0.25, 0.3) is 0 Å². The number of benzene rings is 2. The number of carbonyl (C=O) groups excluding carboxylic acids is 1. The van der Waals surface area contributed by atoms with Crippen LogP contribution in [0.4, 0.5) is 0 Å². The quantitative estimate of drug-likeness (QED) is 0.593. The van der Waals surface area contributed by atoms with E-state index in [2.05, 4.69) is 36.5 Å². The predicted molar refractivity (Wildman–Crippen MR) is 128 cm³/mol. The van der Waals surface area contributed by atoms with Crippen LogP contribution in [-0.4, -0.2) is 24.1 Å². The van der Waals surface area contributed by atoms with Gasteiger partial charge in [0.25, 0.3) is 0 Å². The van der Waals surface area contributed by atoms with Gasteiger partial charge in [-0.05, 0) is 74.5 Å². The van der Waals surface area contributed by atoms with Crippen LogP contribution in [0, 0.1) is 23.2 Å². The van der Waals surface area contributed by atoms with Crippen LogP contribution in [0.5, 0.6) is 5.75 Å².